The highest BCUT2D eigenvalue weighted by molar-refractivity contribution is 7.15. The quantitative estimate of drug-likeness (QED) is 0.779. The fourth-order valence-corrected chi connectivity index (χ4v) is 4.44. The summed E-state index contributed by atoms with van der Waals surface area (Å²) in [5.74, 6) is 0.00706. The van der Waals surface area contributed by atoms with E-state index < -0.39 is 0 Å². The minimum absolute atomic E-state index is 0.00706. The highest BCUT2D eigenvalue weighted by Gasteiger charge is 2.24. The van der Waals surface area contributed by atoms with Gasteiger partial charge in [-0.25, -0.2) is 0 Å². The number of hydrogen-bond acceptors (Lipinski definition) is 4. The van der Waals surface area contributed by atoms with Gasteiger partial charge in [0.15, 0.2) is 5.69 Å². The van der Waals surface area contributed by atoms with Crippen molar-refractivity contribution in [3.8, 4) is 10.6 Å². The number of aromatic nitrogens is 2. The predicted octanol–water partition coefficient (Wildman–Crippen LogP) is 3.71. The van der Waals surface area contributed by atoms with Crippen LogP contribution in [0.4, 0.5) is 0 Å². The molecule has 4 rings (SSSR count). The molecule has 0 bridgehead atoms. The number of carbonyl (C=O) groups excluding carboxylic acids is 1. The standard InChI is InChI=1S/C16H15N3OS2/c1-10-2-3-15(22-10)12-8-13(18-17-12)16(20)19-6-4-14-11(9-19)5-7-21-14/h2-3,5,7-8H,4,6,9H2,1H3,(H,17,18). The summed E-state index contributed by atoms with van der Waals surface area (Å²) < 4.78 is 0. The summed E-state index contributed by atoms with van der Waals surface area (Å²) in [6.45, 7) is 3.54. The molecule has 0 spiro atoms. The van der Waals surface area contributed by atoms with Crippen LogP contribution in [-0.2, 0) is 13.0 Å². The molecule has 0 saturated heterocycles. The van der Waals surface area contributed by atoms with E-state index >= 15 is 0 Å². The summed E-state index contributed by atoms with van der Waals surface area (Å²) in [4.78, 5) is 18.3. The number of H-pyrrole nitrogens is 1. The van der Waals surface area contributed by atoms with Crippen molar-refractivity contribution in [3.63, 3.8) is 0 Å². The summed E-state index contributed by atoms with van der Waals surface area (Å²) in [5.41, 5.74) is 2.68. The normalized spacial score (nSPS) is 14.1. The second kappa shape index (κ2) is 5.37. The molecule has 0 saturated carbocycles. The van der Waals surface area contributed by atoms with Crippen LogP contribution in [0, 0.1) is 6.92 Å². The lowest BCUT2D eigenvalue weighted by Crippen LogP contribution is -2.35. The minimum Gasteiger partial charge on any atom is -0.333 e. The Morgan fingerprint density at radius 2 is 2.27 bits per heavy atom. The summed E-state index contributed by atoms with van der Waals surface area (Å²) in [5, 5.41) is 9.30. The van der Waals surface area contributed by atoms with Crippen LogP contribution in [0.15, 0.2) is 29.6 Å². The summed E-state index contributed by atoms with van der Waals surface area (Å²) in [6.07, 6.45) is 0.945. The SMILES string of the molecule is Cc1ccc(-c2cc(C(=O)N3CCc4sccc4C3)n[nH]2)s1. The van der Waals surface area contributed by atoms with E-state index in [0.29, 0.717) is 12.2 Å². The van der Waals surface area contributed by atoms with Crippen molar-refractivity contribution >= 4 is 28.6 Å². The first kappa shape index (κ1) is 13.7. The van der Waals surface area contributed by atoms with Gasteiger partial charge in [-0.1, -0.05) is 0 Å². The van der Waals surface area contributed by atoms with Gasteiger partial charge in [0, 0.05) is 22.8 Å². The lowest BCUT2D eigenvalue weighted by molar-refractivity contribution is 0.0730. The molecule has 0 unspecified atom stereocenters. The predicted molar refractivity (Wildman–Crippen MR) is 89.4 cm³/mol. The Hall–Kier alpha value is -1.92. The minimum atomic E-state index is 0.00706. The molecular formula is C16H15N3OS2. The Morgan fingerprint density at radius 3 is 3.09 bits per heavy atom. The van der Waals surface area contributed by atoms with Gasteiger partial charge >= 0.3 is 0 Å². The number of aryl methyl sites for hydroxylation is 1. The number of rotatable bonds is 2. The third-order valence-corrected chi connectivity index (χ3v) is 5.95. The van der Waals surface area contributed by atoms with Gasteiger partial charge in [-0.3, -0.25) is 9.89 Å². The van der Waals surface area contributed by atoms with Gasteiger partial charge in [-0.05, 0) is 48.6 Å². The van der Waals surface area contributed by atoms with E-state index in [1.807, 2.05) is 11.0 Å². The fraction of sp³-hybridized carbons (Fsp3) is 0.250. The molecule has 22 heavy (non-hydrogen) atoms. The number of amides is 1. The largest absolute Gasteiger partial charge is 0.333 e. The van der Waals surface area contributed by atoms with Gasteiger partial charge in [-0.15, -0.1) is 22.7 Å². The average molecular weight is 329 g/mol. The van der Waals surface area contributed by atoms with Crippen LogP contribution in [0.2, 0.25) is 0 Å². The maximum atomic E-state index is 12.6. The van der Waals surface area contributed by atoms with Crippen LogP contribution in [0.25, 0.3) is 10.6 Å². The molecule has 0 fully saturated rings. The molecular weight excluding hydrogens is 314 g/mol. The van der Waals surface area contributed by atoms with Crippen molar-refractivity contribution < 1.29 is 4.79 Å². The molecule has 1 N–H and O–H groups in total. The zero-order valence-electron chi connectivity index (χ0n) is 12.1. The third kappa shape index (κ3) is 2.38. The van der Waals surface area contributed by atoms with Gasteiger partial charge < -0.3 is 4.90 Å². The molecule has 4 nitrogen and oxygen atoms in total. The van der Waals surface area contributed by atoms with E-state index in [0.717, 1.165) is 23.5 Å². The zero-order chi connectivity index (χ0) is 15.1. The number of aromatic amines is 1. The molecule has 6 heteroatoms. The Kier molecular flexibility index (Phi) is 3.35. The molecule has 0 aliphatic carbocycles. The van der Waals surface area contributed by atoms with Crippen LogP contribution in [0.5, 0.6) is 0 Å². The number of hydrogen-bond donors (Lipinski definition) is 1. The van der Waals surface area contributed by atoms with Crippen LogP contribution in [-0.4, -0.2) is 27.5 Å². The molecule has 1 aliphatic rings. The summed E-state index contributed by atoms with van der Waals surface area (Å²) >= 11 is 3.48. The van der Waals surface area contributed by atoms with E-state index in [1.54, 1.807) is 22.7 Å². The lowest BCUT2D eigenvalue weighted by Gasteiger charge is -2.26. The Balaban J connectivity index is 1.55. The smallest absolute Gasteiger partial charge is 0.274 e. The van der Waals surface area contributed by atoms with Gasteiger partial charge in [0.25, 0.3) is 5.91 Å². The molecule has 4 heterocycles. The fourth-order valence-electron chi connectivity index (χ4n) is 2.72. The highest BCUT2D eigenvalue weighted by Crippen LogP contribution is 2.28. The first-order valence-electron chi connectivity index (χ1n) is 7.17. The number of carbonyl (C=O) groups is 1. The first-order chi connectivity index (χ1) is 10.7. The molecule has 0 atom stereocenters. The van der Waals surface area contributed by atoms with Gasteiger partial charge in [0.1, 0.15) is 0 Å². The monoisotopic (exact) mass is 329 g/mol. The van der Waals surface area contributed by atoms with Crippen LogP contribution < -0.4 is 0 Å². The van der Waals surface area contributed by atoms with E-state index in [4.69, 9.17) is 0 Å². The molecule has 112 valence electrons. The third-order valence-electron chi connectivity index (χ3n) is 3.90. The molecule has 1 amide bonds. The van der Waals surface area contributed by atoms with E-state index in [-0.39, 0.29) is 5.91 Å². The van der Waals surface area contributed by atoms with Crippen molar-refractivity contribution in [1.82, 2.24) is 15.1 Å². The Labute approximate surface area is 136 Å². The van der Waals surface area contributed by atoms with Crippen molar-refractivity contribution in [2.24, 2.45) is 0 Å². The van der Waals surface area contributed by atoms with E-state index in [9.17, 15) is 4.79 Å². The van der Waals surface area contributed by atoms with Crippen LogP contribution >= 0.6 is 22.7 Å². The van der Waals surface area contributed by atoms with Gasteiger partial charge in [0.05, 0.1) is 10.6 Å². The topological polar surface area (TPSA) is 49.0 Å². The number of nitrogens with one attached hydrogen (secondary N) is 1. The lowest BCUT2D eigenvalue weighted by atomic mass is 10.1. The highest BCUT2D eigenvalue weighted by atomic mass is 32.1. The Morgan fingerprint density at radius 1 is 1.36 bits per heavy atom. The maximum absolute atomic E-state index is 12.6. The zero-order valence-corrected chi connectivity index (χ0v) is 13.8. The van der Waals surface area contributed by atoms with Crippen molar-refractivity contribution in [2.45, 2.75) is 19.9 Å². The maximum Gasteiger partial charge on any atom is 0.274 e. The van der Waals surface area contributed by atoms with Crippen molar-refractivity contribution in [3.05, 3.63) is 50.7 Å². The molecule has 3 aromatic rings. The second-order valence-electron chi connectivity index (χ2n) is 5.42. The van der Waals surface area contributed by atoms with Gasteiger partial charge in [0.2, 0.25) is 0 Å². The average Bonchev–Trinajstić information content (AvgIpc) is 3.25. The molecule has 0 aromatic carbocycles. The summed E-state index contributed by atoms with van der Waals surface area (Å²) in [7, 11) is 0. The number of nitrogens with zero attached hydrogens (tertiary/aromatic N) is 2. The number of fused-ring (bicyclic) bond motifs is 1. The van der Waals surface area contributed by atoms with Crippen molar-refractivity contribution in [1.29, 1.82) is 0 Å². The van der Waals surface area contributed by atoms with Crippen LogP contribution in [0.1, 0.15) is 25.8 Å². The van der Waals surface area contributed by atoms with E-state index in [1.165, 1.54) is 15.3 Å². The molecule has 1 aliphatic heterocycles. The number of thiophene rings is 2. The first-order valence-corrected chi connectivity index (χ1v) is 8.87. The van der Waals surface area contributed by atoms with E-state index in [2.05, 4.69) is 40.7 Å². The summed E-state index contributed by atoms with van der Waals surface area (Å²) in [6, 6.07) is 8.10. The second-order valence-corrected chi connectivity index (χ2v) is 7.71. The van der Waals surface area contributed by atoms with Crippen molar-refractivity contribution in [2.75, 3.05) is 6.54 Å². The molecule has 3 aromatic heterocycles. The Bertz CT molecular complexity index is 830. The van der Waals surface area contributed by atoms with Crippen LogP contribution in [0.3, 0.4) is 0 Å². The molecule has 0 radical (unpaired) electrons. The van der Waals surface area contributed by atoms with Gasteiger partial charge in [-0.2, -0.15) is 5.10 Å².